The van der Waals surface area contributed by atoms with E-state index in [-0.39, 0.29) is 5.56 Å². The second-order valence-corrected chi connectivity index (χ2v) is 7.13. The molecule has 0 radical (unpaired) electrons. The number of aromatic nitrogens is 4. The van der Waals surface area contributed by atoms with Crippen LogP contribution in [0.5, 0.6) is 11.5 Å². The minimum atomic E-state index is -0.997. The highest BCUT2D eigenvalue weighted by atomic mass is 16.5. The maximum Gasteiger partial charge on any atom is 0.337 e. The Morgan fingerprint density at radius 1 is 1.10 bits per heavy atom. The van der Waals surface area contributed by atoms with E-state index in [2.05, 4.69) is 15.1 Å². The number of nitrogens with zero attached hydrogens (tertiary/aromatic N) is 3. The Balaban J connectivity index is 1.60. The molecule has 0 saturated carbocycles. The molecular formula is C23H18N4O3. The van der Waals surface area contributed by atoms with Gasteiger partial charge in [-0.1, -0.05) is 18.2 Å². The average molecular weight is 398 g/mol. The first-order valence-electron chi connectivity index (χ1n) is 9.43. The summed E-state index contributed by atoms with van der Waals surface area (Å²) in [6, 6.07) is 16.9. The lowest BCUT2D eigenvalue weighted by Gasteiger charge is -2.08. The van der Waals surface area contributed by atoms with Crippen molar-refractivity contribution in [3.8, 4) is 22.9 Å². The molecule has 0 amide bonds. The summed E-state index contributed by atoms with van der Waals surface area (Å²) in [7, 11) is 1.86. The number of H-pyrrole nitrogens is 1. The van der Waals surface area contributed by atoms with Gasteiger partial charge in [0, 0.05) is 24.7 Å². The van der Waals surface area contributed by atoms with Gasteiger partial charge < -0.3 is 14.8 Å². The Kier molecular flexibility index (Phi) is 4.03. The molecule has 2 N–H and O–H groups in total. The summed E-state index contributed by atoms with van der Waals surface area (Å²) in [5, 5.41) is 15.0. The highest BCUT2D eigenvalue weighted by molar-refractivity contribution is 6.03. The fourth-order valence-electron chi connectivity index (χ4n) is 3.69. The Labute approximate surface area is 171 Å². The van der Waals surface area contributed by atoms with Crippen molar-refractivity contribution in [2.24, 2.45) is 7.05 Å². The first kappa shape index (κ1) is 17.9. The Morgan fingerprint density at radius 2 is 1.93 bits per heavy atom. The number of hydrogen-bond donors (Lipinski definition) is 2. The number of rotatable bonds is 4. The lowest BCUT2D eigenvalue weighted by molar-refractivity contribution is 0.0698. The van der Waals surface area contributed by atoms with Gasteiger partial charge in [0.25, 0.3) is 0 Å². The summed E-state index contributed by atoms with van der Waals surface area (Å²) in [5.74, 6) is 0.507. The molecule has 0 aliphatic carbocycles. The summed E-state index contributed by atoms with van der Waals surface area (Å²) in [5.41, 5.74) is 4.72. The Morgan fingerprint density at radius 3 is 2.73 bits per heavy atom. The second-order valence-electron chi connectivity index (χ2n) is 7.13. The molecule has 5 rings (SSSR count). The lowest BCUT2D eigenvalue weighted by atomic mass is 10.1. The number of aromatic amines is 1. The van der Waals surface area contributed by atoms with E-state index in [4.69, 9.17) is 4.74 Å². The van der Waals surface area contributed by atoms with Gasteiger partial charge in [0.15, 0.2) is 0 Å². The van der Waals surface area contributed by atoms with Gasteiger partial charge in [-0.25, -0.2) is 4.79 Å². The van der Waals surface area contributed by atoms with Crippen LogP contribution in [0.2, 0.25) is 0 Å². The number of benzene rings is 2. The third-order valence-corrected chi connectivity index (χ3v) is 5.13. The van der Waals surface area contributed by atoms with Crippen LogP contribution in [0.15, 0.2) is 60.8 Å². The molecule has 0 bridgehead atoms. The third-order valence-electron chi connectivity index (χ3n) is 5.13. The molecule has 0 spiro atoms. The van der Waals surface area contributed by atoms with Crippen molar-refractivity contribution in [1.82, 2.24) is 19.7 Å². The number of para-hydroxylation sites is 1. The fraction of sp³-hybridized carbons (Fsp3) is 0.0870. The molecular weight excluding hydrogens is 380 g/mol. The van der Waals surface area contributed by atoms with Crippen molar-refractivity contribution in [2.45, 2.75) is 6.92 Å². The largest absolute Gasteiger partial charge is 0.478 e. The van der Waals surface area contributed by atoms with Crippen molar-refractivity contribution < 1.29 is 14.6 Å². The zero-order chi connectivity index (χ0) is 20.8. The first-order chi connectivity index (χ1) is 14.5. The fourth-order valence-corrected chi connectivity index (χ4v) is 3.69. The molecule has 2 aromatic carbocycles. The smallest absolute Gasteiger partial charge is 0.337 e. The van der Waals surface area contributed by atoms with Gasteiger partial charge in [-0.05, 0) is 42.8 Å². The van der Waals surface area contributed by atoms with Crippen LogP contribution in [0.3, 0.4) is 0 Å². The van der Waals surface area contributed by atoms with Gasteiger partial charge in [0.05, 0.1) is 33.5 Å². The van der Waals surface area contributed by atoms with Crippen molar-refractivity contribution in [1.29, 1.82) is 0 Å². The third kappa shape index (κ3) is 2.88. The molecule has 0 unspecified atom stereocenters. The van der Waals surface area contributed by atoms with E-state index in [1.54, 1.807) is 4.68 Å². The number of ether oxygens (including phenoxy) is 1. The lowest BCUT2D eigenvalue weighted by Crippen LogP contribution is -1.98. The number of nitrogens with one attached hydrogen (secondary N) is 1. The number of carboxylic acids is 1. The maximum atomic E-state index is 11.5. The number of aromatic carboxylic acids is 1. The molecule has 7 heteroatoms. The Bertz CT molecular complexity index is 1430. The van der Waals surface area contributed by atoms with E-state index in [0.29, 0.717) is 16.8 Å². The van der Waals surface area contributed by atoms with Crippen LogP contribution in [0, 0.1) is 6.92 Å². The normalized spacial score (nSPS) is 11.3. The van der Waals surface area contributed by atoms with Crippen LogP contribution in [0.1, 0.15) is 15.9 Å². The number of aryl methyl sites for hydroxylation is 2. The van der Waals surface area contributed by atoms with Gasteiger partial charge in [-0.15, -0.1) is 0 Å². The van der Waals surface area contributed by atoms with Crippen molar-refractivity contribution in [3.05, 3.63) is 71.9 Å². The molecule has 0 fully saturated rings. The molecule has 148 valence electrons. The minimum absolute atomic E-state index is 0.187. The van der Waals surface area contributed by atoms with E-state index in [1.807, 2.05) is 62.5 Å². The van der Waals surface area contributed by atoms with Gasteiger partial charge in [0.2, 0.25) is 0 Å². The van der Waals surface area contributed by atoms with Crippen molar-refractivity contribution in [2.75, 3.05) is 0 Å². The molecule has 3 heterocycles. The molecule has 0 aliphatic heterocycles. The van der Waals surface area contributed by atoms with E-state index < -0.39 is 5.97 Å². The van der Waals surface area contributed by atoms with Gasteiger partial charge in [-0.3, -0.25) is 9.67 Å². The summed E-state index contributed by atoms with van der Waals surface area (Å²) in [6.07, 6.45) is 1.50. The zero-order valence-corrected chi connectivity index (χ0v) is 16.4. The standard InChI is InChI=1S/C23H18N4O3/c1-13-5-3-4-6-20(13)30-14-7-8-15-17(11-14)26-27(2)22(15)19-12-18-21(25-19)16(23(28)29)9-10-24-18/h3-12,25H,1-2H3,(H,28,29). The van der Waals surface area contributed by atoms with E-state index in [1.165, 1.54) is 12.3 Å². The number of carboxylic acid groups (broad SMARTS) is 1. The minimum Gasteiger partial charge on any atom is -0.478 e. The number of carbonyl (C=O) groups is 1. The van der Waals surface area contributed by atoms with Crippen molar-refractivity contribution in [3.63, 3.8) is 0 Å². The maximum absolute atomic E-state index is 11.5. The number of hydrogen-bond acceptors (Lipinski definition) is 4. The molecule has 7 nitrogen and oxygen atoms in total. The summed E-state index contributed by atoms with van der Waals surface area (Å²) in [4.78, 5) is 19.0. The molecule has 5 aromatic rings. The van der Waals surface area contributed by atoms with Crippen LogP contribution in [-0.4, -0.2) is 30.8 Å². The van der Waals surface area contributed by atoms with Crippen LogP contribution in [-0.2, 0) is 7.05 Å². The van der Waals surface area contributed by atoms with Gasteiger partial charge in [0.1, 0.15) is 11.5 Å². The Hall–Kier alpha value is -4.13. The van der Waals surface area contributed by atoms with E-state index in [9.17, 15) is 9.90 Å². The van der Waals surface area contributed by atoms with Crippen LogP contribution >= 0.6 is 0 Å². The van der Waals surface area contributed by atoms with E-state index in [0.717, 1.165) is 33.6 Å². The van der Waals surface area contributed by atoms with Crippen LogP contribution in [0.4, 0.5) is 0 Å². The quantitative estimate of drug-likeness (QED) is 0.448. The molecule has 0 saturated heterocycles. The van der Waals surface area contributed by atoms with Crippen molar-refractivity contribution >= 4 is 27.9 Å². The van der Waals surface area contributed by atoms with Crippen LogP contribution < -0.4 is 4.74 Å². The first-order valence-corrected chi connectivity index (χ1v) is 9.43. The molecule has 0 aliphatic rings. The average Bonchev–Trinajstić information content (AvgIpc) is 3.28. The second kappa shape index (κ2) is 6.73. The topological polar surface area (TPSA) is 93.0 Å². The summed E-state index contributed by atoms with van der Waals surface area (Å²) in [6.45, 7) is 2.00. The highest BCUT2D eigenvalue weighted by Crippen LogP contribution is 2.33. The predicted octanol–water partition coefficient (Wildman–Crippen LogP) is 4.92. The summed E-state index contributed by atoms with van der Waals surface area (Å²) >= 11 is 0. The van der Waals surface area contributed by atoms with E-state index >= 15 is 0 Å². The molecule has 3 aromatic heterocycles. The molecule has 0 atom stereocenters. The number of pyridine rings is 1. The van der Waals surface area contributed by atoms with Crippen LogP contribution in [0.25, 0.3) is 33.3 Å². The molecule has 30 heavy (non-hydrogen) atoms. The summed E-state index contributed by atoms with van der Waals surface area (Å²) < 4.78 is 7.80. The van der Waals surface area contributed by atoms with Gasteiger partial charge >= 0.3 is 5.97 Å². The highest BCUT2D eigenvalue weighted by Gasteiger charge is 2.17. The monoisotopic (exact) mass is 398 g/mol. The van der Waals surface area contributed by atoms with Gasteiger partial charge in [-0.2, -0.15) is 5.10 Å². The predicted molar refractivity (Wildman–Crippen MR) is 114 cm³/mol. The zero-order valence-electron chi connectivity index (χ0n) is 16.4. The number of fused-ring (bicyclic) bond motifs is 2. The SMILES string of the molecule is Cc1ccccc1Oc1ccc2c(-c3cc4nccc(C(=O)O)c4[nH]3)n(C)nc2c1.